The fourth-order valence-electron chi connectivity index (χ4n) is 2.10. The van der Waals surface area contributed by atoms with E-state index in [9.17, 15) is 8.78 Å². The van der Waals surface area contributed by atoms with Gasteiger partial charge in [0.15, 0.2) is 11.6 Å². The highest BCUT2D eigenvalue weighted by Gasteiger charge is 2.15. The van der Waals surface area contributed by atoms with Crippen LogP contribution in [-0.4, -0.2) is 44.3 Å². The lowest BCUT2D eigenvalue weighted by atomic mass is 10.2. The summed E-state index contributed by atoms with van der Waals surface area (Å²) in [6.45, 7) is 3.80. The first-order valence-corrected chi connectivity index (χ1v) is 6.10. The SMILES string of the molecule is CN(Cc1ccc(F)c(F)c1)CC1CNCCO1. The molecule has 0 aromatic heterocycles. The van der Waals surface area contributed by atoms with Crippen molar-refractivity contribution in [2.24, 2.45) is 0 Å². The van der Waals surface area contributed by atoms with Gasteiger partial charge in [0.1, 0.15) is 0 Å². The van der Waals surface area contributed by atoms with E-state index in [4.69, 9.17) is 4.74 Å². The molecule has 2 rings (SSSR count). The van der Waals surface area contributed by atoms with Crippen LogP contribution in [-0.2, 0) is 11.3 Å². The van der Waals surface area contributed by atoms with Crippen molar-refractivity contribution in [3.63, 3.8) is 0 Å². The zero-order valence-electron chi connectivity index (χ0n) is 10.5. The molecule has 1 aliphatic rings. The van der Waals surface area contributed by atoms with Crippen LogP contribution in [0.4, 0.5) is 8.78 Å². The summed E-state index contributed by atoms with van der Waals surface area (Å²) in [6, 6.07) is 4.01. The second-order valence-corrected chi connectivity index (χ2v) is 4.64. The van der Waals surface area contributed by atoms with Gasteiger partial charge in [0.25, 0.3) is 0 Å². The summed E-state index contributed by atoms with van der Waals surface area (Å²) in [5, 5.41) is 3.26. The summed E-state index contributed by atoms with van der Waals surface area (Å²) >= 11 is 0. The van der Waals surface area contributed by atoms with E-state index >= 15 is 0 Å². The van der Waals surface area contributed by atoms with Crippen molar-refractivity contribution in [3.05, 3.63) is 35.4 Å². The molecule has 18 heavy (non-hydrogen) atoms. The van der Waals surface area contributed by atoms with Gasteiger partial charge >= 0.3 is 0 Å². The number of hydrogen-bond donors (Lipinski definition) is 1. The molecule has 1 aromatic carbocycles. The molecule has 1 heterocycles. The van der Waals surface area contributed by atoms with Gasteiger partial charge in [0.2, 0.25) is 0 Å². The lowest BCUT2D eigenvalue weighted by Crippen LogP contribution is -2.44. The summed E-state index contributed by atoms with van der Waals surface area (Å²) in [4.78, 5) is 2.05. The van der Waals surface area contributed by atoms with Crippen molar-refractivity contribution in [1.29, 1.82) is 0 Å². The summed E-state index contributed by atoms with van der Waals surface area (Å²) in [5.74, 6) is -1.60. The number of hydrogen-bond acceptors (Lipinski definition) is 3. The van der Waals surface area contributed by atoms with E-state index in [0.29, 0.717) is 6.54 Å². The van der Waals surface area contributed by atoms with Gasteiger partial charge in [0.05, 0.1) is 12.7 Å². The van der Waals surface area contributed by atoms with E-state index in [1.807, 2.05) is 11.9 Å². The van der Waals surface area contributed by atoms with Crippen molar-refractivity contribution in [1.82, 2.24) is 10.2 Å². The zero-order valence-corrected chi connectivity index (χ0v) is 10.5. The Balaban J connectivity index is 1.85. The molecule has 1 fully saturated rings. The van der Waals surface area contributed by atoms with Crippen LogP contribution in [0.1, 0.15) is 5.56 Å². The zero-order chi connectivity index (χ0) is 13.0. The van der Waals surface area contributed by atoms with Crippen LogP contribution < -0.4 is 5.32 Å². The molecule has 0 saturated carbocycles. The first-order valence-electron chi connectivity index (χ1n) is 6.10. The number of benzene rings is 1. The van der Waals surface area contributed by atoms with Crippen LogP contribution in [0.3, 0.4) is 0 Å². The topological polar surface area (TPSA) is 24.5 Å². The monoisotopic (exact) mass is 256 g/mol. The average molecular weight is 256 g/mol. The number of rotatable bonds is 4. The number of nitrogens with one attached hydrogen (secondary N) is 1. The Bertz CT molecular complexity index is 395. The third kappa shape index (κ3) is 3.73. The number of morpholine rings is 1. The van der Waals surface area contributed by atoms with Crippen LogP contribution in [0.25, 0.3) is 0 Å². The van der Waals surface area contributed by atoms with Gasteiger partial charge in [-0.25, -0.2) is 8.78 Å². The Morgan fingerprint density at radius 1 is 1.39 bits per heavy atom. The van der Waals surface area contributed by atoms with Crippen molar-refractivity contribution in [2.75, 3.05) is 33.3 Å². The lowest BCUT2D eigenvalue weighted by Gasteiger charge is -2.28. The first kappa shape index (κ1) is 13.4. The maximum atomic E-state index is 13.1. The Hall–Kier alpha value is -1.04. The highest BCUT2D eigenvalue weighted by molar-refractivity contribution is 5.17. The van der Waals surface area contributed by atoms with E-state index in [1.165, 1.54) is 6.07 Å². The van der Waals surface area contributed by atoms with E-state index in [2.05, 4.69) is 5.32 Å². The smallest absolute Gasteiger partial charge is 0.159 e. The van der Waals surface area contributed by atoms with Gasteiger partial charge in [-0.15, -0.1) is 0 Å². The maximum Gasteiger partial charge on any atom is 0.159 e. The van der Waals surface area contributed by atoms with Crippen LogP contribution >= 0.6 is 0 Å². The fraction of sp³-hybridized carbons (Fsp3) is 0.538. The average Bonchev–Trinajstić information content (AvgIpc) is 2.35. The molecule has 0 amide bonds. The van der Waals surface area contributed by atoms with Gasteiger partial charge in [-0.2, -0.15) is 0 Å². The summed E-state index contributed by atoms with van der Waals surface area (Å²) in [5.41, 5.74) is 0.764. The van der Waals surface area contributed by atoms with Gasteiger partial charge < -0.3 is 10.1 Å². The van der Waals surface area contributed by atoms with E-state index in [0.717, 1.165) is 37.9 Å². The Kier molecular flexibility index (Phi) is 4.63. The molecule has 1 atom stereocenters. The summed E-state index contributed by atoms with van der Waals surface area (Å²) in [7, 11) is 1.94. The predicted octanol–water partition coefficient (Wildman–Crippen LogP) is 1.39. The molecular weight excluding hydrogens is 238 g/mol. The molecule has 1 N–H and O–H groups in total. The van der Waals surface area contributed by atoms with Crippen LogP contribution in [0, 0.1) is 11.6 Å². The van der Waals surface area contributed by atoms with Gasteiger partial charge in [-0.3, -0.25) is 4.90 Å². The number of nitrogens with zero attached hydrogens (tertiary/aromatic N) is 1. The Labute approximate surface area is 106 Å². The molecule has 1 aromatic rings. The third-order valence-electron chi connectivity index (χ3n) is 2.96. The van der Waals surface area contributed by atoms with Crippen molar-refractivity contribution >= 4 is 0 Å². The van der Waals surface area contributed by atoms with E-state index in [1.54, 1.807) is 6.07 Å². The second kappa shape index (κ2) is 6.22. The molecule has 100 valence electrons. The highest BCUT2D eigenvalue weighted by atomic mass is 19.2. The number of halogens is 2. The normalized spacial score (nSPS) is 20.3. The maximum absolute atomic E-state index is 13.1. The Morgan fingerprint density at radius 2 is 2.22 bits per heavy atom. The number of ether oxygens (including phenoxy) is 1. The quantitative estimate of drug-likeness (QED) is 0.881. The van der Waals surface area contributed by atoms with Crippen LogP contribution in [0.5, 0.6) is 0 Å². The fourth-order valence-corrected chi connectivity index (χ4v) is 2.10. The number of likely N-dealkylation sites (N-methyl/N-ethyl adjacent to an activating group) is 1. The third-order valence-corrected chi connectivity index (χ3v) is 2.96. The predicted molar refractivity (Wildman–Crippen MR) is 65.3 cm³/mol. The van der Waals surface area contributed by atoms with Crippen molar-refractivity contribution in [2.45, 2.75) is 12.6 Å². The molecular formula is C13H18F2N2O. The highest BCUT2D eigenvalue weighted by Crippen LogP contribution is 2.11. The first-order chi connectivity index (χ1) is 8.65. The van der Waals surface area contributed by atoms with Crippen molar-refractivity contribution < 1.29 is 13.5 Å². The minimum atomic E-state index is -0.804. The van der Waals surface area contributed by atoms with Gasteiger partial charge in [0, 0.05) is 26.2 Å². The van der Waals surface area contributed by atoms with Crippen LogP contribution in [0.2, 0.25) is 0 Å². The van der Waals surface area contributed by atoms with E-state index < -0.39 is 11.6 Å². The molecule has 0 spiro atoms. The summed E-state index contributed by atoms with van der Waals surface area (Å²) < 4.78 is 31.4. The standard InChI is InChI=1S/C13H18F2N2O/c1-17(9-11-7-16-4-5-18-11)8-10-2-3-12(14)13(15)6-10/h2-3,6,11,16H,4-5,7-9H2,1H3. The molecule has 0 bridgehead atoms. The van der Waals surface area contributed by atoms with Crippen molar-refractivity contribution in [3.8, 4) is 0 Å². The molecule has 0 radical (unpaired) electrons. The van der Waals surface area contributed by atoms with Gasteiger partial charge in [-0.1, -0.05) is 6.07 Å². The lowest BCUT2D eigenvalue weighted by molar-refractivity contribution is 0.00883. The Morgan fingerprint density at radius 3 is 2.89 bits per heavy atom. The minimum absolute atomic E-state index is 0.161. The second-order valence-electron chi connectivity index (χ2n) is 4.64. The van der Waals surface area contributed by atoms with Crippen LogP contribution in [0.15, 0.2) is 18.2 Å². The largest absolute Gasteiger partial charge is 0.374 e. The molecule has 1 unspecified atom stereocenters. The molecule has 3 nitrogen and oxygen atoms in total. The minimum Gasteiger partial charge on any atom is -0.374 e. The van der Waals surface area contributed by atoms with Gasteiger partial charge in [-0.05, 0) is 24.7 Å². The molecule has 5 heteroatoms. The molecule has 1 saturated heterocycles. The summed E-state index contributed by atoms with van der Waals surface area (Å²) in [6.07, 6.45) is 0.161. The molecule has 0 aliphatic carbocycles. The van der Waals surface area contributed by atoms with E-state index in [-0.39, 0.29) is 6.10 Å². The molecule has 1 aliphatic heterocycles.